The smallest absolute Gasteiger partial charge is 0.305 e. The van der Waals surface area contributed by atoms with Gasteiger partial charge in [-0.25, -0.2) is 0 Å². The molecule has 0 bridgehead atoms. The van der Waals surface area contributed by atoms with E-state index < -0.39 is 0 Å². The van der Waals surface area contributed by atoms with E-state index in [1.54, 1.807) is 0 Å². The van der Waals surface area contributed by atoms with Crippen molar-refractivity contribution < 1.29 is 19.0 Å². The Labute approximate surface area is 174 Å². The molecule has 0 aliphatic rings. The van der Waals surface area contributed by atoms with Gasteiger partial charge in [-0.1, -0.05) is 56.0 Å². The number of unbranched alkanes of at least 4 members (excludes halogenated alkanes) is 6. The number of carbonyl (C=O) groups excluding carboxylic acids is 1. The van der Waals surface area contributed by atoms with Crippen LogP contribution in [0.5, 0.6) is 17.2 Å². The van der Waals surface area contributed by atoms with Gasteiger partial charge >= 0.3 is 5.97 Å². The lowest BCUT2D eigenvalue weighted by Gasteiger charge is -2.10. The van der Waals surface area contributed by atoms with Crippen molar-refractivity contribution in [1.82, 2.24) is 0 Å². The normalized spacial score (nSPS) is 10.3. The summed E-state index contributed by atoms with van der Waals surface area (Å²) in [5.74, 6) is 2.01. The Balaban J connectivity index is 1.54. The zero-order valence-electron chi connectivity index (χ0n) is 17.2. The summed E-state index contributed by atoms with van der Waals surface area (Å²) in [7, 11) is 0. The van der Waals surface area contributed by atoms with Crippen molar-refractivity contribution in [2.45, 2.75) is 51.4 Å². The van der Waals surface area contributed by atoms with E-state index in [1.165, 1.54) is 25.7 Å². The highest BCUT2D eigenvalue weighted by Gasteiger charge is 2.04. The summed E-state index contributed by atoms with van der Waals surface area (Å²) in [6.45, 7) is 4.31. The molecule has 0 atom stereocenters. The van der Waals surface area contributed by atoms with Crippen molar-refractivity contribution >= 4 is 5.97 Å². The second-order valence-electron chi connectivity index (χ2n) is 6.91. The fourth-order valence-corrected chi connectivity index (χ4v) is 2.90. The molecular weight excluding hydrogens is 364 g/mol. The number of rotatable bonds is 15. The summed E-state index contributed by atoms with van der Waals surface area (Å²) >= 11 is 0. The van der Waals surface area contributed by atoms with Gasteiger partial charge in [-0.3, -0.25) is 4.79 Å². The molecule has 0 saturated heterocycles. The zero-order valence-corrected chi connectivity index (χ0v) is 17.2. The van der Waals surface area contributed by atoms with Crippen LogP contribution in [0.1, 0.15) is 51.4 Å². The van der Waals surface area contributed by atoms with Crippen LogP contribution in [-0.2, 0) is 9.53 Å². The highest BCUT2D eigenvalue weighted by Crippen LogP contribution is 2.24. The van der Waals surface area contributed by atoms with Gasteiger partial charge in [-0.05, 0) is 43.5 Å². The number of ether oxygens (including phenoxy) is 3. The maximum Gasteiger partial charge on any atom is 0.305 e. The molecule has 0 aliphatic heterocycles. The molecule has 0 N–H and O–H groups in total. The van der Waals surface area contributed by atoms with E-state index >= 15 is 0 Å². The van der Waals surface area contributed by atoms with Crippen LogP contribution in [0.4, 0.5) is 0 Å². The van der Waals surface area contributed by atoms with E-state index in [4.69, 9.17) is 14.2 Å². The topological polar surface area (TPSA) is 44.8 Å². The van der Waals surface area contributed by atoms with E-state index in [0.29, 0.717) is 24.5 Å². The Bertz CT molecular complexity index is 712. The summed E-state index contributed by atoms with van der Waals surface area (Å²) in [5.41, 5.74) is 0. The molecule has 4 heteroatoms. The van der Waals surface area contributed by atoms with Gasteiger partial charge in [0.15, 0.2) is 0 Å². The molecule has 2 aromatic carbocycles. The van der Waals surface area contributed by atoms with Gasteiger partial charge in [-0.2, -0.15) is 0 Å². The number of hydrogen-bond donors (Lipinski definition) is 0. The summed E-state index contributed by atoms with van der Waals surface area (Å²) in [6, 6.07) is 17.0. The molecule has 156 valence electrons. The molecule has 0 amide bonds. The first kappa shape index (κ1) is 22.5. The fourth-order valence-electron chi connectivity index (χ4n) is 2.90. The minimum Gasteiger partial charge on any atom is -0.490 e. The minimum absolute atomic E-state index is 0.151. The average Bonchev–Trinajstić information content (AvgIpc) is 2.74. The molecule has 4 nitrogen and oxygen atoms in total. The Morgan fingerprint density at radius 2 is 1.48 bits per heavy atom. The number of hydrogen-bond acceptors (Lipinski definition) is 4. The van der Waals surface area contributed by atoms with Gasteiger partial charge in [0, 0.05) is 12.5 Å². The molecule has 0 fully saturated rings. The maximum absolute atomic E-state index is 11.8. The second kappa shape index (κ2) is 14.3. The van der Waals surface area contributed by atoms with Gasteiger partial charge < -0.3 is 14.2 Å². The number of benzene rings is 2. The van der Waals surface area contributed by atoms with E-state index in [2.05, 4.69) is 6.58 Å². The van der Waals surface area contributed by atoms with Crippen LogP contribution < -0.4 is 9.47 Å². The molecule has 2 aromatic rings. The Hall–Kier alpha value is -2.75. The molecule has 0 aliphatic carbocycles. The van der Waals surface area contributed by atoms with Crippen LogP contribution in [0, 0.1) is 0 Å². The molecule has 0 unspecified atom stereocenters. The van der Waals surface area contributed by atoms with Crippen LogP contribution in [0.2, 0.25) is 0 Å². The van der Waals surface area contributed by atoms with Crippen LogP contribution in [0.3, 0.4) is 0 Å². The number of para-hydroxylation sites is 1. The first-order valence-corrected chi connectivity index (χ1v) is 10.5. The highest BCUT2D eigenvalue weighted by molar-refractivity contribution is 5.69. The van der Waals surface area contributed by atoms with Crippen LogP contribution in [0.15, 0.2) is 67.3 Å². The molecule has 2 rings (SSSR count). The Morgan fingerprint density at radius 1 is 0.793 bits per heavy atom. The number of allylic oxidation sites excluding steroid dienone is 1. The lowest BCUT2D eigenvalue weighted by atomic mass is 10.1. The summed E-state index contributed by atoms with van der Waals surface area (Å²) in [4.78, 5) is 11.8. The Kier molecular flexibility index (Phi) is 11.1. The molecular formula is C25H32O4. The van der Waals surface area contributed by atoms with Crippen molar-refractivity contribution in [2.24, 2.45) is 0 Å². The first-order chi connectivity index (χ1) is 14.3. The SMILES string of the molecule is C=CCCCCCCCCC(=O)OCCOc1cccc(Oc2ccccc2)c1. The second-order valence-corrected chi connectivity index (χ2v) is 6.91. The molecule has 29 heavy (non-hydrogen) atoms. The number of carbonyl (C=O) groups is 1. The van der Waals surface area contributed by atoms with E-state index in [-0.39, 0.29) is 12.6 Å². The van der Waals surface area contributed by atoms with Crippen molar-refractivity contribution in [2.75, 3.05) is 13.2 Å². The van der Waals surface area contributed by atoms with E-state index in [0.717, 1.165) is 25.0 Å². The summed E-state index contributed by atoms with van der Waals surface area (Å²) in [5, 5.41) is 0. The third-order valence-electron chi connectivity index (χ3n) is 4.44. The average molecular weight is 397 g/mol. The van der Waals surface area contributed by atoms with E-state index in [9.17, 15) is 4.79 Å². The fraction of sp³-hybridized carbons (Fsp3) is 0.400. The lowest BCUT2D eigenvalue weighted by Crippen LogP contribution is -2.12. The molecule has 0 radical (unpaired) electrons. The quantitative estimate of drug-likeness (QED) is 0.191. The monoisotopic (exact) mass is 396 g/mol. The predicted molar refractivity (Wildman–Crippen MR) is 117 cm³/mol. The van der Waals surface area contributed by atoms with Crippen LogP contribution in [0.25, 0.3) is 0 Å². The van der Waals surface area contributed by atoms with Gasteiger partial charge in [0.1, 0.15) is 30.5 Å². The summed E-state index contributed by atoms with van der Waals surface area (Å²) in [6.07, 6.45) is 10.4. The van der Waals surface area contributed by atoms with Crippen molar-refractivity contribution in [3.8, 4) is 17.2 Å². The maximum atomic E-state index is 11.8. The van der Waals surface area contributed by atoms with Gasteiger partial charge in [-0.15, -0.1) is 6.58 Å². The highest BCUT2D eigenvalue weighted by atomic mass is 16.6. The van der Waals surface area contributed by atoms with Crippen molar-refractivity contribution in [1.29, 1.82) is 0 Å². The van der Waals surface area contributed by atoms with Crippen molar-refractivity contribution in [3.05, 3.63) is 67.3 Å². The molecule has 0 aromatic heterocycles. The third-order valence-corrected chi connectivity index (χ3v) is 4.44. The lowest BCUT2D eigenvalue weighted by molar-refractivity contribution is -0.144. The van der Waals surface area contributed by atoms with Gasteiger partial charge in [0.25, 0.3) is 0 Å². The number of esters is 1. The molecule has 0 saturated carbocycles. The minimum atomic E-state index is -0.151. The zero-order chi connectivity index (χ0) is 20.6. The van der Waals surface area contributed by atoms with Gasteiger partial charge in [0.2, 0.25) is 0 Å². The van der Waals surface area contributed by atoms with Crippen molar-refractivity contribution in [3.63, 3.8) is 0 Å². The predicted octanol–water partition coefficient (Wildman–Crippen LogP) is 6.71. The van der Waals surface area contributed by atoms with E-state index in [1.807, 2.05) is 60.7 Å². The largest absolute Gasteiger partial charge is 0.490 e. The Morgan fingerprint density at radius 3 is 2.28 bits per heavy atom. The van der Waals surface area contributed by atoms with Crippen LogP contribution >= 0.6 is 0 Å². The van der Waals surface area contributed by atoms with Crippen LogP contribution in [-0.4, -0.2) is 19.2 Å². The third kappa shape index (κ3) is 10.4. The molecule has 0 heterocycles. The summed E-state index contributed by atoms with van der Waals surface area (Å²) < 4.78 is 16.7. The van der Waals surface area contributed by atoms with Gasteiger partial charge in [0.05, 0.1) is 0 Å². The standard InChI is InChI=1S/C25H32O4/c1-2-3-4-5-6-7-8-12-18-25(26)28-20-19-27-23-16-13-17-24(21-23)29-22-14-10-9-11-15-22/h2,9-11,13-17,21H,1,3-8,12,18-20H2. The molecule has 0 spiro atoms. The first-order valence-electron chi connectivity index (χ1n) is 10.5.